The number of Topliss-reactive ketones (excluding diaryl/α,β-unsaturated/α-hetero) is 1. The molecule has 0 radical (unpaired) electrons. The number of hydrogen-bond donors (Lipinski definition) is 0. The zero-order chi connectivity index (χ0) is 8.40. The number of hydrogen-bond acceptors (Lipinski definition) is 1. The summed E-state index contributed by atoms with van der Waals surface area (Å²) in [7, 11) is 0. The number of carbonyl (C=O) groups excluding carboxylic acids is 1. The van der Waals surface area contributed by atoms with Gasteiger partial charge in [0.25, 0.3) is 0 Å². The molecule has 1 nitrogen and oxygen atoms in total. The maximum absolute atomic E-state index is 11.3. The second-order valence-corrected chi connectivity index (χ2v) is 5.16. The standard InChI is InChI=1S/C11H16O/c1-8(12)9-7-10-3-2-4-11(9,10)6-5-10/h9H,2-7H2,1H3. The summed E-state index contributed by atoms with van der Waals surface area (Å²) in [5.74, 6) is 0.931. The van der Waals surface area contributed by atoms with E-state index >= 15 is 0 Å². The summed E-state index contributed by atoms with van der Waals surface area (Å²) in [5.41, 5.74) is 1.22. The molecular weight excluding hydrogens is 148 g/mol. The fraction of sp³-hybridized carbons (Fsp3) is 0.909. The molecule has 0 spiro atoms. The van der Waals surface area contributed by atoms with Gasteiger partial charge in [-0.05, 0) is 49.9 Å². The fourth-order valence-corrected chi connectivity index (χ4v) is 4.42. The van der Waals surface area contributed by atoms with Gasteiger partial charge in [0, 0.05) is 5.92 Å². The topological polar surface area (TPSA) is 17.1 Å². The van der Waals surface area contributed by atoms with Gasteiger partial charge in [0.1, 0.15) is 5.78 Å². The first kappa shape index (κ1) is 7.11. The van der Waals surface area contributed by atoms with Crippen molar-refractivity contribution in [3.8, 4) is 0 Å². The Morgan fingerprint density at radius 1 is 1.25 bits per heavy atom. The van der Waals surface area contributed by atoms with E-state index < -0.39 is 0 Å². The van der Waals surface area contributed by atoms with Gasteiger partial charge in [0.15, 0.2) is 0 Å². The van der Waals surface area contributed by atoms with Crippen LogP contribution in [0.3, 0.4) is 0 Å². The molecule has 3 atom stereocenters. The fourth-order valence-electron chi connectivity index (χ4n) is 4.42. The molecule has 3 saturated carbocycles. The minimum atomic E-state index is 0.465. The monoisotopic (exact) mass is 164 g/mol. The molecule has 0 amide bonds. The van der Waals surface area contributed by atoms with Crippen LogP contribution in [0.5, 0.6) is 0 Å². The van der Waals surface area contributed by atoms with Gasteiger partial charge in [0.05, 0.1) is 0 Å². The summed E-state index contributed by atoms with van der Waals surface area (Å²) in [5, 5.41) is 0. The molecule has 0 N–H and O–H groups in total. The van der Waals surface area contributed by atoms with Crippen LogP contribution in [0.25, 0.3) is 0 Å². The van der Waals surface area contributed by atoms with Crippen molar-refractivity contribution >= 4 is 5.78 Å². The highest BCUT2D eigenvalue weighted by molar-refractivity contribution is 5.81. The zero-order valence-electron chi connectivity index (χ0n) is 7.73. The molecule has 12 heavy (non-hydrogen) atoms. The van der Waals surface area contributed by atoms with Crippen molar-refractivity contribution in [3.63, 3.8) is 0 Å². The lowest BCUT2D eigenvalue weighted by molar-refractivity contribution is -0.207. The van der Waals surface area contributed by atoms with Gasteiger partial charge in [-0.3, -0.25) is 4.79 Å². The highest BCUT2D eigenvalue weighted by Crippen LogP contribution is 2.80. The molecule has 0 aromatic heterocycles. The van der Waals surface area contributed by atoms with Crippen molar-refractivity contribution in [1.82, 2.24) is 0 Å². The van der Waals surface area contributed by atoms with Gasteiger partial charge < -0.3 is 0 Å². The van der Waals surface area contributed by atoms with E-state index in [-0.39, 0.29) is 0 Å². The summed E-state index contributed by atoms with van der Waals surface area (Å²) in [4.78, 5) is 11.3. The Kier molecular flexibility index (Phi) is 1.06. The third-order valence-corrected chi connectivity index (χ3v) is 5.14. The zero-order valence-corrected chi connectivity index (χ0v) is 7.73. The van der Waals surface area contributed by atoms with Crippen molar-refractivity contribution in [2.75, 3.05) is 0 Å². The molecule has 0 saturated heterocycles. The van der Waals surface area contributed by atoms with Gasteiger partial charge >= 0.3 is 0 Å². The molecule has 3 aliphatic rings. The van der Waals surface area contributed by atoms with Crippen LogP contribution >= 0.6 is 0 Å². The van der Waals surface area contributed by atoms with E-state index in [2.05, 4.69) is 0 Å². The highest BCUT2D eigenvalue weighted by Gasteiger charge is 2.73. The molecule has 3 rings (SSSR count). The summed E-state index contributed by atoms with van der Waals surface area (Å²) < 4.78 is 0. The van der Waals surface area contributed by atoms with E-state index in [1.807, 2.05) is 0 Å². The first-order valence-electron chi connectivity index (χ1n) is 5.21. The Bertz CT molecular complexity index is 258. The van der Waals surface area contributed by atoms with Crippen molar-refractivity contribution in [1.29, 1.82) is 0 Å². The van der Waals surface area contributed by atoms with E-state index in [0.29, 0.717) is 22.5 Å². The van der Waals surface area contributed by atoms with E-state index in [1.165, 1.54) is 38.5 Å². The Labute approximate surface area is 73.5 Å². The Hall–Kier alpha value is -0.330. The van der Waals surface area contributed by atoms with Crippen LogP contribution in [-0.4, -0.2) is 5.78 Å². The van der Waals surface area contributed by atoms with Crippen LogP contribution in [0.15, 0.2) is 0 Å². The average Bonchev–Trinajstić information content (AvgIpc) is 2.27. The molecule has 1 heteroatoms. The predicted molar refractivity (Wildman–Crippen MR) is 46.7 cm³/mol. The Balaban J connectivity index is 1.94. The summed E-state index contributed by atoms with van der Waals surface area (Å²) >= 11 is 0. The minimum Gasteiger partial charge on any atom is -0.300 e. The summed E-state index contributed by atoms with van der Waals surface area (Å²) in [6, 6.07) is 0. The molecule has 0 aromatic rings. The number of rotatable bonds is 1. The molecule has 0 aromatic carbocycles. The molecule has 66 valence electrons. The number of ketones is 1. The van der Waals surface area contributed by atoms with Crippen molar-refractivity contribution in [3.05, 3.63) is 0 Å². The van der Waals surface area contributed by atoms with Crippen molar-refractivity contribution in [2.24, 2.45) is 16.7 Å². The third kappa shape index (κ3) is 0.486. The molecule has 0 heterocycles. The highest BCUT2D eigenvalue weighted by atomic mass is 16.1. The maximum atomic E-state index is 11.3. The second kappa shape index (κ2) is 1.78. The first-order chi connectivity index (χ1) is 5.70. The number of carbonyl (C=O) groups is 1. The average molecular weight is 164 g/mol. The normalized spacial score (nSPS) is 54.9. The van der Waals surface area contributed by atoms with E-state index in [9.17, 15) is 4.79 Å². The molecule has 0 aliphatic heterocycles. The van der Waals surface area contributed by atoms with E-state index in [4.69, 9.17) is 0 Å². The van der Waals surface area contributed by atoms with Crippen LogP contribution in [0, 0.1) is 16.7 Å². The summed E-state index contributed by atoms with van der Waals surface area (Å²) in [6.07, 6.45) is 8.20. The second-order valence-electron chi connectivity index (χ2n) is 5.16. The lowest BCUT2D eigenvalue weighted by Crippen LogP contribution is -2.64. The third-order valence-electron chi connectivity index (χ3n) is 5.14. The van der Waals surface area contributed by atoms with Gasteiger partial charge in [-0.15, -0.1) is 0 Å². The quantitative estimate of drug-likeness (QED) is 0.582. The smallest absolute Gasteiger partial charge is 0.133 e. The van der Waals surface area contributed by atoms with Gasteiger partial charge in [-0.25, -0.2) is 0 Å². The predicted octanol–water partition coefficient (Wildman–Crippen LogP) is 2.55. The molecule has 3 aliphatic carbocycles. The maximum Gasteiger partial charge on any atom is 0.133 e. The Morgan fingerprint density at radius 2 is 2.08 bits per heavy atom. The van der Waals surface area contributed by atoms with Crippen LogP contribution in [0.2, 0.25) is 0 Å². The van der Waals surface area contributed by atoms with Crippen LogP contribution in [-0.2, 0) is 4.79 Å². The lowest BCUT2D eigenvalue weighted by Gasteiger charge is -2.69. The minimum absolute atomic E-state index is 0.465. The van der Waals surface area contributed by atoms with Gasteiger partial charge in [-0.2, -0.15) is 0 Å². The van der Waals surface area contributed by atoms with Crippen molar-refractivity contribution in [2.45, 2.75) is 45.4 Å². The largest absolute Gasteiger partial charge is 0.300 e. The van der Waals surface area contributed by atoms with Crippen LogP contribution < -0.4 is 0 Å². The summed E-state index contributed by atoms with van der Waals surface area (Å²) in [6.45, 7) is 1.79. The molecular formula is C11H16O. The van der Waals surface area contributed by atoms with Gasteiger partial charge in [0.2, 0.25) is 0 Å². The van der Waals surface area contributed by atoms with Crippen LogP contribution in [0.1, 0.15) is 45.4 Å². The lowest BCUT2D eigenvalue weighted by atomic mass is 9.34. The van der Waals surface area contributed by atoms with E-state index in [1.54, 1.807) is 6.92 Å². The SMILES string of the molecule is CC(=O)C1CC23CCCC12CC3. The van der Waals surface area contributed by atoms with E-state index in [0.717, 1.165) is 0 Å². The molecule has 0 bridgehead atoms. The first-order valence-corrected chi connectivity index (χ1v) is 5.21. The van der Waals surface area contributed by atoms with Crippen molar-refractivity contribution < 1.29 is 4.79 Å². The van der Waals surface area contributed by atoms with Gasteiger partial charge in [-0.1, -0.05) is 6.42 Å². The Morgan fingerprint density at radius 3 is 2.58 bits per heavy atom. The molecule has 3 unspecified atom stereocenters. The van der Waals surface area contributed by atoms with Crippen LogP contribution in [0.4, 0.5) is 0 Å². The molecule has 3 fully saturated rings.